The van der Waals surface area contributed by atoms with Crippen molar-refractivity contribution in [2.24, 2.45) is 0 Å². The summed E-state index contributed by atoms with van der Waals surface area (Å²) in [6.07, 6.45) is 3.52. The first-order valence-electron chi connectivity index (χ1n) is 9.41. The number of hydrogen-bond donors (Lipinski definition) is 0. The molecule has 0 aliphatic carbocycles. The fraction of sp³-hybridized carbons (Fsp3) is 0.429. The lowest BCUT2D eigenvalue weighted by Gasteiger charge is -2.28. The molecule has 1 aliphatic rings. The Morgan fingerprint density at radius 3 is 2.27 bits per heavy atom. The van der Waals surface area contributed by atoms with Crippen molar-refractivity contribution in [3.8, 4) is 16.9 Å². The lowest BCUT2D eigenvalue weighted by Crippen LogP contribution is -2.20. The van der Waals surface area contributed by atoms with Gasteiger partial charge in [-0.25, -0.2) is 4.39 Å². The summed E-state index contributed by atoms with van der Waals surface area (Å²) in [6, 6.07) is 15.8. The molecule has 26 heavy (non-hydrogen) atoms. The van der Waals surface area contributed by atoms with E-state index in [1.807, 2.05) is 12.1 Å². The third kappa shape index (κ3) is 4.70. The van der Waals surface area contributed by atoms with Gasteiger partial charge in [0.25, 0.3) is 0 Å². The largest absolute Gasteiger partial charge is 0.435 e. The summed E-state index contributed by atoms with van der Waals surface area (Å²) in [6.45, 7) is -0.586. The van der Waals surface area contributed by atoms with Gasteiger partial charge in [0.15, 0.2) is 0 Å². The molecule has 5 heteroatoms. The van der Waals surface area contributed by atoms with Crippen molar-refractivity contribution in [1.82, 2.24) is 0 Å². The van der Waals surface area contributed by atoms with Gasteiger partial charge in [0.2, 0.25) is 0 Å². The molecule has 0 amide bonds. The quantitative estimate of drug-likeness (QED) is 0.514. The zero-order valence-electron chi connectivity index (χ0n) is 15.1. The van der Waals surface area contributed by atoms with Crippen LogP contribution < -0.4 is 4.74 Å². The average molecular weight is 379 g/mol. The van der Waals surface area contributed by atoms with Crippen LogP contribution in [0.15, 0.2) is 42.5 Å². The van der Waals surface area contributed by atoms with Gasteiger partial charge in [0.05, 0.1) is 0 Å². The average Bonchev–Trinajstić information content (AvgIpc) is 2.63. The molecule has 0 unspecified atom stereocenters. The van der Waals surface area contributed by atoms with E-state index in [4.69, 9.17) is 0 Å². The summed E-state index contributed by atoms with van der Waals surface area (Å²) in [4.78, 5) is 0. The van der Waals surface area contributed by atoms with E-state index in [0.29, 0.717) is 5.92 Å². The molecule has 0 radical (unpaired) electrons. The predicted octanol–water partition coefficient (Wildman–Crippen LogP) is 6.61. The number of hydrogen-bond acceptors (Lipinski definition) is 1. The van der Waals surface area contributed by atoms with Crippen LogP contribution in [0.25, 0.3) is 11.1 Å². The molecule has 3 rings (SSSR count). The Morgan fingerprint density at radius 2 is 1.69 bits per heavy atom. The number of rotatable bonds is 6. The minimum atomic E-state index is -2.84. The van der Waals surface area contributed by atoms with Crippen LogP contribution in [-0.4, -0.2) is 15.4 Å². The molecule has 1 fully saturated rings. The maximum absolute atomic E-state index is 14.7. The highest BCUT2D eigenvalue weighted by molar-refractivity contribution is 6.59. The van der Waals surface area contributed by atoms with Gasteiger partial charge in [-0.1, -0.05) is 55.7 Å². The van der Waals surface area contributed by atoms with Crippen molar-refractivity contribution >= 4 is 8.80 Å². The molecule has 0 aromatic heterocycles. The van der Waals surface area contributed by atoms with E-state index in [1.54, 1.807) is 18.2 Å². The monoisotopic (exact) mass is 378 g/mol. The molecule has 1 aliphatic heterocycles. The Kier molecular flexibility index (Phi) is 6.41. The first kappa shape index (κ1) is 19.0. The van der Waals surface area contributed by atoms with E-state index >= 15 is 0 Å². The molecule has 0 spiro atoms. The van der Waals surface area contributed by atoms with Crippen LogP contribution in [0.2, 0.25) is 18.1 Å². The number of halogens is 3. The summed E-state index contributed by atoms with van der Waals surface area (Å²) in [5.74, 6) is 0.288. The van der Waals surface area contributed by atoms with Crippen LogP contribution in [0.5, 0.6) is 5.75 Å². The normalized spacial score (nSPS) is 20.3. The van der Waals surface area contributed by atoms with Gasteiger partial charge >= 0.3 is 6.61 Å². The molecule has 0 N–H and O–H groups in total. The summed E-state index contributed by atoms with van der Waals surface area (Å²) in [5.41, 5.74) is 2.37. The molecule has 140 valence electrons. The van der Waals surface area contributed by atoms with Gasteiger partial charge in [-0.3, -0.25) is 0 Å². The zero-order valence-corrected chi connectivity index (χ0v) is 16.2. The van der Waals surface area contributed by atoms with Crippen LogP contribution in [0.4, 0.5) is 13.2 Å². The Hall–Kier alpha value is -1.75. The van der Waals surface area contributed by atoms with E-state index in [2.05, 4.69) is 11.7 Å². The fourth-order valence-corrected chi connectivity index (χ4v) is 7.47. The van der Waals surface area contributed by atoms with Crippen molar-refractivity contribution in [3.05, 3.63) is 53.8 Å². The third-order valence-corrected chi connectivity index (χ3v) is 9.09. The van der Waals surface area contributed by atoms with E-state index in [0.717, 1.165) is 29.5 Å². The minimum absolute atomic E-state index is 0.105. The first-order valence-corrected chi connectivity index (χ1v) is 11.9. The van der Waals surface area contributed by atoms with Crippen molar-refractivity contribution in [3.63, 3.8) is 0 Å². The number of benzene rings is 2. The molecule has 2 aromatic rings. The van der Waals surface area contributed by atoms with Crippen LogP contribution in [0.1, 0.15) is 37.7 Å². The van der Waals surface area contributed by atoms with E-state index < -0.39 is 15.4 Å². The maximum Gasteiger partial charge on any atom is 0.387 e. The zero-order chi connectivity index (χ0) is 18.5. The van der Waals surface area contributed by atoms with Gasteiger partial charge in [-0.2, -0.15) is 8.78 Å². The Balaban J connectivity index is 1.70. The van der Waals surface area contributed by atoms with Crippen molar-refractivity contribution < 1.29 is 17.9 Å². The third-order valence-electron chi connectivity index (χ3n) is 5.40. The Labute approximate surface area is 154 Å². The lowest BCUT2D eigenvalue weighted by atomic mass is 9.91. The Morgan fingerprint density at radius 1 is 1.04 bits per heavy atom. The highest BCUT2D eigenvalue weighted by atomic mass is 28.3. The van der Waals surface area contributed by atoms with Gasteiger partial charge in [0.1, 0.15) is 11.6 Å². The molecule has 0 bridgehead atoms. The molecule has 1 heterocycles. The summed E-state index contributed by atoms with van der Waals surface area (Å²) >= 11 is 0. The molecular weight excluding hydrogens is 353 g/mol. The van der Waals surface area contributed by atoms with E-state index in [1.165, 1.54) is 36.7 Å². The fourth-order valence-electron chi connectivity index (χ4n) is 4.04. The lowest BCUT2D eigenvalue weighted by molar-refractivity contribution is -0.0498. The van der Waals surface area contributed by atoms with Crippen LogP contribution >= 0.6 is 0 Å². The molecular formula is C21H25F3OSi. The molecule has 0 atom stereocenters. The van der Waals surface area contributed by atoms with Crippen molar-refractivity contribution in [2.75, 3.05) is 0 Å². The van der Waals surface area contributed by atoms with Crippen LogP contribution in [0, 0.1) is 5.82 Å². The molecule has 1 saturated heterocycles. The van der Waals surface area contributed by atoms with E-state index in [9.17, 15) is 13.2 Å². The van der Waals surface area contributed by atoms with E-state index in [-0.39, 0.29) is 11.6 Å². The minimum Gasteiger partial charge on any atom is -0.435 e. The van der Waals surface area contributed by atoms with Crippen LogP contribution in [0.3, 0.4) is 0 Å². The number of alkyl halides is 2. The number of ether oxygens (including phenoxy) is 1. The topological polar surface area (TPSA) is 9.23 Å². The summed E-state index contributed by atoms with van der Waals surface area (Å²) in [7, 11) is -0.566. The second-order valence-corrected chi connectivity index (χ2v) is 10.6. The highest BCUT2D eigenvalue weighted by Gasteiger charge is 2.24. The van der Waals surface area contributed by atoms with Crippen molar-refractivity contribution in [1.29, 1.82) is 0 Å². The standard InChI is InChI=1S/C21H25F3OSi/c1-2-11-26-12-9-16(10-13-26)19-8-5-17(14-20(19)22)15-3-6-18(7-4-15)25-21(23)24/h3-8,14,16,21,26H,2,9-13H2,1H3. The van der Waals surface area contributed by atoms with Gasteiger partial charge in [-0.15, -0.1) is 0 Å². The highest BCUT2D eigenvalue weighted by Crippen LogP contribution is 2.37. The SMILES string of the molecule is CCC[SiH]1CCC(c2ccc(-c3ccc(OC(F)F)cc3)cc2F)CC1. The second kappa shape index (κ2) is 8.76. The van der Waals surface area contributed by atoms with Gasteiger partial charge in [0, 0.05) is 8.80 Å². The van der Waals surface area contributed by atoms with Gasteiger partial charge < -0.3 is 4.74 Å². The van der Waals surface area contributed by atoms with Crippen LogP contribution in [-0.2, 0) is 0 Å². The van der Waals surface area contributed by atoms with Crippen molar-refractivity contribution in [2.45, 2.75) is 56.8 Å². The first-order chi connectivity index (χ1) is 12.6. The Bertz CT molecular complexity index is 710. The summed E-state index contributed by atoms with van der Waals surface area (Å²) in [5, 5.41) is 0. The molecule has 1 nitrogen and oxygen atoms in total. The predicted molar refractivity (Wildman–Crippen MR) is 102 cm³/mol. The smallest absolute Gasteiger partial charge is 0.387 e. The molecule has 0 saturated carbocycles. The van der Waals surface area contributed by atoms with Gasteiger partial charge in [-0.05, 0) is 53.6 Å². The maximum atomic E-state index is 14.7. The summed E-state index contributed by atoms with van der Waals surface area (Å²) < 4.78 is 43.5. The second-order valence-electron chi connectivity index (χ2n) is 7.15. The molecule has 2 aromatic carbocycles.